The number of hydrogen-bond donors (Lipinski definition) is 1. The molecule has 0 radical (unpaired) electrons. The van der Waals surface area contributed by atoms with E-state index in [9.17, 15) is 5.11 Å². The molecule has 4 rings (SSSR count). The molecule has 0 saturated carbocycles. The van der Waals surface area contributed by atoms with E-state index in [4.69, 9.17) is 23.2 Å². The lowest BCUT2D eigenvalue weighted by atomic mass is 9.84. The first-order chi connectivity index (χ1) is 13.5. The molecule has 0 spiro atoms. The molecule has 1 saturated heterocycles. The minimum absolute atomic E-state index is 0.691. The van der Waals surface area contributed by atoms with Gasteiger partial charge in [0, 0.05) is 35.9 Å². The van der Waals surface area contributed by atoms with Crippen LogP contribution in [0.25, 0.3) is 11.1 Å². The van der Waals surface area contributed by atoms with Gasteiger partial charge in [-0.05, 0) is 65.9 Å². The Labute approximate surface area is 175 Å². The number of rotatable bonds is 4. The van der Waals surface area contributed by atoms with Crippen LogP contribution in [0.3, 0.4) is 0 Å². The highest BCUT2D eigenvalue weighted by Crippen LogP contribution is 2.34. The fraction of sp³-hybridized carbons (Fsp3) is 0.261. The molecule has 0 amide bonds. The number of nitrogens with zero attached hydrogens (tertiary/aromatic N) is 2. The van der Waals surface area contributed by atoms with Gasteiger partial charge in [0.2, 0.25) is 0 Å². The molecule has 1 aliphatic heterocycles. The maximum atomic E-state index is 11.0. The second kappa shape index (κ2) is 8.22. The van der Waals surface area contributed by atoms with Crippen LogP contribution in [0.15, 0.2) is 66.9 Å². The van der Waals surface area contributed by atoms with E-state index >= 15 is 0 Å². The molecule has 1 fully saturated rings. The maximum absolute atomic E-state index is 11.0. The zero-order valence-electron chi connectivity index (χ0n) is 15.5. The normalized spacial score (nSPS) is 16.8. The van der Waals surface area contributed by atoms with Crippen LogP contribution in [-0.2, 0) is 12.1 Å². The zero-order chi connectivity index (χ0) is 19.6. The smallest absolute Gasteiger partial charge is 0.0920 e. The number of pyridine rings is 1. The number of halogens is 2. The summed E-state index contributed by atoms with van der Waals surface area (Å²) in [6, 6.07) is 19.5. The second-order valence-electron chi connectivity index (χ2n) is 7.36. The third-order valence-corrected chi connectivity index (χ3v) is 5.95. The standard InChI is InChI=1S/C23H22Cl2N2O/c24-20-5-1-17(2-6-20)18-9-12-26-22(15-18)16-27-13-10-23(28,11-14-27)19-3-7-21(25)8-4-19/h1-9,12,15,28H,10-11,13-14,16H2. The monoisotopic (exact) mass is 412 g/mol. The first-order valence-corrected chi connectivity index (χ1v) is 10.2. The number of hydrogen-bond acceptors (Lipinski definition) is 3. The average molecular weight is 413 g/mol. The summed E-state index contributed by atoms with van der Waals surface area (Å²) in [4.78, 5) is 6.88. The highest BCUT2D eigenvalue weighted by atomic mass is 35.5. The van der Waals surface area contributed by atoms with Crippen molar-refractivity contribution < 1.29 is 5.11 Å². The molecule has 2 aromatic carbocycles. The summed E-state index contributed by atoms with van der Waals surface area (Å²) in [5.41, 5.74) is 3.46. The van der Waals surface area contributed by atoms with E-state index < -0.39 is 5.60 Å². The van der Waals surface area contributed by atoms with Crippen LogP contribution in [-0.4, -0.2) is 28.1 Å². The van der Waals surface area contributed by atoms with Gasteiger partial charge >= 0.3 is 0 Å². The largest absolute Gasteiger partial charge is 0.385 e. The molecule has 0 bridgehead atoms. The van der Waals surface area contributed by atoms with Crippen LogP contribution in [0.1, 0.15) is 24.1 Å². The predicted molar refractivity (Wildman–Crippen MR) is 115 cm³/mol. The third kappa shape index (κ3) is 4.39. The van der Waals surface area contributed by atoms with Crippen molar-refractivity contribution in [3.8, 4) is 11.1 Å². The van der Waals surface area contributed by atoms with Gasteiger partial charge in [-0.1, -0.05) is 47.5 Å². The Kier molecular flexibility index (Phi) is 5.70. The van der Waals surface area contributed by atoms with Crippen LogP contribution in [0.5, 0.6) is 0 Å². The number of aliphatic hydroxyl groups is 1. The van der Waals surface area contributed by atoms with Gasteiger partial charge in [-0.3, -0.25) is 9.88 Å². The molecule has 3 aromatic rings. The van der Waals surface area contributed by atoms with Gasteiger partial charge in [0.1, 0.15) is 0 Å². The fourth-order valence-corrected chi connectivity index (χ4v) is 4.00. The number of benzene rings is 2. The molecule has 0 unspecified atom stereocenters. The van der Waals surface area contributed by atoms with Crippen molar-refractivity contribution in [3.05, 3.63) is 88.2 Å². The lowest BCUT2D eigenvalue weighted by Crippen LogP contribution is -2.42. The summed E-state index contributed by atoms with van der Waals surface area (Å²) >= 11 is 12.0. The SMILES string of the molecule is OC1(c2ccc(Cl)cc2)CCN(Cc2cc(-c3ccc(Cl)cc3)ccn2)CC1. The lowest BCUT2D eigenvalue weighted by molar-refractivity contribution is -0.0279. The van der Waals surface area contributed by atoms with Gasteiger partial charge in [-0.25, -0.2) is 0 Å². The maximum Gasteiger partial charge on any atom is 0.0920 e. The molecule has 0 aliphatic carbocycles. The quantitative estimate of drug-likeness (QED) is 0.610. The van der Waals surface area contributed by atoms with Crippen molar-refractivity contribution in [2.45, 2.75) is 25.0 Å². The van der Waals surface area contributed by atoms with Crippen molar-refractivity contribution in [1.29, 1.82) is 0 Å². The van der Waals surface area contributed by atoms with E-state index in [1.807, 2.05) is 60.8 Å². The lowest BCUT2D eigenvalue weighted by Gasteiger charge is -2.38. The van der Waals surface area contributed by atoms with Crippen LogP contribution in [0, 0.1) is 0 Å². The summed E-state index contributed by atoms with van der Waals surface area (Å²) in [6.45, 7) is 2.43. The van der Waals surface area contributed by atoms with Gasteiger partial charge in [-0.15, -0.1) is 0 Å². The van der Waals surface area contributed by atoms with Gasteiger partial charge < -0.3 is 5.11 Å². The van der Waals surface area contributed by atoms with E-state index in [0.717, 1.165) is 47.0 Å². The van der Waals surface area contributed by atoms with Crippen molar-refractivity contribution in [3.63, 3.8) is 0 Å². The van der Waals surface area contributed by atoms with Crippen molar-refractivity contribution >= 4 is 23.2 Å². The summed E-state index contributed by atoms with van der Waals surface area (Å²) in [5, 5.41) is 12.5. The minimum Gasteiger partial charge on any atom is -0.385 e. The molecule has 144 valence electrons. The number of piperidine rings is 1. The fourth-order valence-electron chi connectivity index (χ4n) is 3.75. The van der Waals surface area contributed by atoms with Crippen molar-refractivity contribution in [2.75, 3.05) is 13.1 Å². The van der Waals surface area contributed by atoms with Crippen LogP contribution >= 0.6 is 23.2 Å². The van der Waals surface area contributed by atoms with E-state index in [1.54, 1.807) is 0 Å². The minimum atomic E-state index is -0.778. The third-order valence-electron chi connectivity index (χ3n) is 5.44. The molecule has 1 aromatic heterocycles. The Balaban J connectivity index is 1.42. The van der Waals surface area contributed by atoms with Gasteiger partial charge in [-0.2, -0.15) is 0 Å². The Morgan fingerprint density at radius 2 is 1.46 bits per heavy atom. The van der Waals surface area contributed by atoms with Gasteiger partial charge in [0.15, 0.2) is 0 Å². The molecular weight excluding hydrogens is 391 g/mol. The van der Waals surface area contributed by atoms with E-state index in [2.05, 4.69) is 16.0 Å². The molecular formula is C23H22Cl2N2O. The molecule has 1 aliphatic rings. The molecule has 0 atom stereocenters. The van der Waals surface area contributed by atoms with Gasteiger partial charge in [0.05, 0.1) is 11.3 Å². The summed E-state index contributed by atoms with van der Waals surface area (Å²) < 4.78 is 0. The Morgan fingerprint density at radius 3 is 2.11 bits per heavy atom. The Hall–Kier alpha value is -1.91. The van der Waals surface area contributed by atoms with E-state index in [-0.39, 0.29) is 0 Å². The second-order valence-corrected chi connectivity index (χ2v) is 8.23. The van der Waals surface area contributed by atoms with Crippen molar-refractivity contribution in [2.24, 2.45) is 0 Å². The Morgan fingerprint density at radius 1 is 0.857 bits per heavy atom. The summed E-state index contributed by atoms with van der Waals surface area (Å²) in [6.07, 6.45) is 3.25. The van der Waals surface area contributed by atoms with Crippen molar-refractivity contribution in [1.82, 2.24) is 9.88 Å². The van der Waals surface area contributed by atoms with Crippen LogP contribution < -0.4 is 0 Å². The van der Waals surface area contributed by atoms with Gasteiger partial charge in [0.25, 0.3) is 0 Å². The average Bonchev–Trinajstić information content (AvgIpc) is 2.71. The summed E-state index contributed by atoms with van der Waals surface area (Å²) in [7, 11) is 0. The van der Waals surface area contributed by atoms with Crippen LogP contribution in [0.4, 0.5) is 0 Å². The molecule has 2 heterocycles. The first-order valence-electron chi connectivity index (χ1n) is 9.43. The molecule has 3 nitrogen and oxygen atoms in total. The van der Waals surface area contributed by atoms with E-state index in [1.165, 1.54) is 0 Å². The van der Waals surface area contributed by atoms with Crippen LogP contribution in [0.2, 0.25) is 10.0 Å². The highest BCUT2D eigenvalue weighted by molar-refractivity contribution is 6.30. The zero-order valence-corrected chi connectivity index (χ0v) is 17.0. The van der Waals surface area contributed by atoms with E-state index in [0.29, 0.717) is 17.9 Å². The number of aromatic nitrogens is 1. The topological polar surface area (TPSA) is 36.4 Å². The predicted octanol–water partition coefficient (Wildman–Crippen LogP) is 5.54. The molecule has 1 N–H and O–H groups in total. The highest BCUT2D eigenvalue weighted by Gasteiger charge is 2.33. The molecule has 5 heteroatoms. The Bertz CT molecular complexity index is 934. The molecule has 28 heavy (non-hydrogen) atoms. The number of likely N-dealkylation sites (tertiary alicyclic amines) is 1. The summed E-state index contributed by atoms with van der Waals surface area (Å²) in [5.74, 6) is 0. The first kappa shape index (κ1) is 19.4.